The summed E-state index contributed by atoms with van der Waals surface area (Å²) in [7, 11) is 1.44. The maximum atomic E-state index is 11.9. The molecule has 110 valence electrons. The molecule has 0 aromatic heterocycles. The first-order valence-electron chi connectivity index (χ1n) is 6.02. The van der Waals surface area contributed by atoms with E-state index in [2.05, 4.69) is 17.0 Å². The second-order valence-corrected chi connectivity index (χ2v) is 4.15. The molecule has 1 atom stereocenters. The van der Waals surface area contributed by atoms with Crippen molar-refractivity contribution >= 4 is 23.5 Å². The van der Waals surface area contributed by atoms with Crippen molar-refractivity contribution in [1.82, 2.24) is 10.3 Å². The van der Waals surface area contributed by atoms with Crippen molar-refractivity contribution in [3.63, 3.8) is 0 Å². The molecule has 8 heteroatoms. The largest absolute Gasteiger partial charge is 0.480 e. The summed E-state index contributed by atoms with van der Waals surface area (Å²) in [5.74, 6) is -2.01. The zero-order valence-electron chi connectivity index (χ0n) is 11.2. The molecule has 0 aromatic rings. The Morgan fingerprint density at radius 1 is 1.60 bits per heavy atom. The number of nitrogens with zero attached hydrogens (tertiary/aromatic N) is 2. The van der Waals surface area contributed by atoms with Crippen LogP contribution in [0, 0.1) is 0 Å². The number of carbonyl (C=O) groups is 3. The lowest BCUT2D eigenvalue weighted by Gasteiger charge is -2.20. The first kappa shape index (κ1) is 15.8. The fourth-order valence-corrected chi connectivity index (χ4v) is 1.52. The Morgan fingerprint density at radius 3 is 2.85 bits per heavy atom. The van der Waals surface area contributed by atoms with Crippen LogP contribution in [-0.4, -0.2) is 59.9 Å². The van der Waals surface area contributed by atoms with Crippen molar-refractivity contribution in [1.29, 1.82) is 0 Å². The van der Waals surface area contributed by atoms with E-state index in [0.717, 1.165) is 5.01 Å². The van der Waals surface area contributed by atoms with Gasteiger partial charge in [0, 0.05) is 19.9 Å². The Hall–Kier alpha value is -2.22. The molecule has 0 spiro atoms. The molecule has 20 heavy (non-hydrogen) atoms. The Balaban J connectivity index is 2.62. The second-order valence-electron chi connectivity index (χ2n) is 4.15. The molecule has 0 saturated heterocycles. The number of carboxylic acid groups (broad SMARTS) is 1. The zero-order valence-corrected chi connectivity index (χ0v) is 11.2. The summed E-state index contributed by atoms with van der Waals surface area (Å²) < 4.78 is 5.01. The summed E-state index contributed by atoms with van der Waals surface area (Å²) in [6, 6.07) is -1.17. The third-order valence-corrected chi connectivity index (χ3v) is 2.59. The van der Waals surface area contributed by atoms with Gasteiger partial charge in [0.15, 0.2) is 6.04 Å². The van der Waals surface area contributed by atoms with E-state index in [-0.39, 0.29) is 37.7 Å². The van der Waals surface area contributed by atoms with Crippen molar-refractivity contribution in [2.75, 3.05) is 20.3 Å². The summed E-state index contributed by atoms with van der Waals surface area (Å²) in [5.41, 5.74) is 0.127. The number of amides is 2. The topological polar surface area (TPSA) is 108 Å². The van der Waals surface area contributed by atoms with Gasteiger partial charge in [0.1, 0.15) is 5.71 Å². The zero-order chi connectivity index (χ0) is 15.1. The average Bonchev–Trinajstić information content (AvgIpc) is 2.40. The van der Waals surface area contributed by atoms with Crippen molar-refractivity contribution in [3.8, 4) is 0 Å². The van der Waals surface area contributed by atoms with Crippen LogP contribution in [0.15, 0.2) is 17.8 Å². The number of hydrogen-bond donors (Lipinski definition) is 2. The summed E-state index contributed by atoms with van der Waals surface area (Å²) in [6.45, 7) is 3.46. The van der Waals surface area contributed by atoms with E-state index >= 15 is 0 Å². The number of carboxylic acids is 1. The van der Waals surface area contributed by atoms with Crippen LogP contribution in [0.1, 0.15) is 12.8 Å². The molecule has 0 radical (unpaired) electrons. The number of carbonyl (C=O) groups excluding carboxylic acids is 2. The third-order valence-electron chi connectivity index (χ3n) is 2.59. The summed E-state index contributed by atoms with van der Waals surface area (Å²) >= 11 is 0. The van der Waals surface area contributed by atoms with Gasteiger partial charge in [-0.25, -0.2) is 9.80 Å². The van der Waals surface area contributed by atoms with Crippen LogP contribution in [0.4, 0.5) is 0 Å². The molecular formula is C12H17N3O5. The van der Waals surface area contributed by atoms with E-state index in [9.17, 15) is 14.4 Å². The number of aliphatic carboxylic acids is 1. The van der Waals surface area contributed by atoms with Crippen molar-refractivity contribution in [3.05, 3.63) is 12.7 Å². The lowest BCUT2D eigenvalue weighted by Crippen LogP contribution is -2.48. The predicted octanol–water partition coefficient (Wildman–Crippen LogP) is -0.633. The molecule has 0 saturated carbocycles. The van der Waals surface area contributed by atoms with Crippen molar-refractivity contribution in [2.24, 2.45) is 5.10 Å². The molecule has 1 heterocycles. The van der Waals surface area contributed by atoms with Crippen LogP contribution in [0.25, 0.3) is 0 Å². The average molecular weight is 283 g/mol. The minimum Gasteiger partial charge on any atom is -0.480 e. The highest BCUT2D eigenvalue weighted by molar-refractivity contribution is 6.39. The lowest BCUT2D eigenvalue weighted by atomic mass is 10.1. The van der Waals surface area contributed by atoms with E-state index in [1.54, 1.807) is 0 Å². The standard InChI is InChI=1S/C12H17N3O5/c1-3-6-20-7-9(12(18)19)13-11(17)8-4-5-10(16)15(2)14-8/h3,9H,1,4-7H2,2H3,(H,13,17)(H,18,19). The number of ether oxygens (including phenoxy) is 1. The van der Waals surface area contributed by atoms with Gasteiger partial charge in [-0.05, 0) is 0 Å². The van der Waals surface area contributed by atoms with Gasteiger partial charge in [0.05, 0.1) is 13.2 Å². The Labute approximate surface area is 116 Å². The predicted molar refractivity (Wildman–Crippen MR) is 70.0 cm³/mol. The van der Waals surface area contributed by atoms with Gasteiger partial charge in [-0.15, -0.1) is 6.58 Å². The molecule has 8 nitrogen and oxygen atoms in total. The maximum Gasteiger partial charge on any atom is 0.328 e. The SMILES string of the molecule is C=CCOCC(NC(=O)C1=NN(C)C(=O)CC1)C(=O)O. The van der Waals surface area contributed by atoms with E-state index in [0.29, 0.717) is 0 Å². The van der Waals surface area contributed by atoms with Crippen LogP contribution in [-0.2, 0) is 19.1 Å². The van der Waals surface area contributed by atoms with Crippen molar-refractivity contribution in [2.45, 2.75) is 18.9 Å². The highest BCUT2D eigenvalue weighted by atomic mass is 16.5. The number of rotatable bonds is 7. The molecule has 0 aromatic carbocycles. The van der Waals surface area contributed by atoms with Crippen LogP contribution < -0.4 is 5.32 Å². The van der Waals surface area contributed by atoms with Gasteiger partial charge in [-0.2, -0.15) is 5.10 Å². The van der Waals surface area contributed by atoms with Gasteiger partial charge in [0.2, 0.25) is 5.91 Å². The van der Waals surface area contributed by atoms with Crippen LogP contribution in [0.3, 0.4) is 0 Å². The molecule has 2 amide bonds. The summed E-state index contributed by atoms with van der Waals surface area (Å²) in [5, 5.41) is 16.2. The van der Waals surface area contributed by atoms with Crippen LogP contribution in [0.2, 0.25) is 0 Å². The molecule has 2 N–H and O–H groups in total. The van der Waals surface area contributed by atoms with Crippen LogP contribution in [0.5, 0.6) is 0 Å². The van der Waals surface area contributed by atoms with Gasteiger partial charge in [0.25, 0.3) is 5.91 Å². The number of nitrogens with one attached hydrogen (secondary N) is 1. The minimum absolute atomic E-state index is 0.127. The van der Waals surface area contributed by atoms with Crippen molar-refractivity contribution < 1.29 is 24.2 Å². The first-order chi connectivity index (χ1) is 9.45. The quantitative estimate of drug-likeness (QED) is 0.477. The fourth-order valence-electron chi connectivity index (χ4n) is 1.52. The van der Waals surface area contributed by atoms with Gasteiger partial charge in [-0.1, -0.05) is 6.08 Å². The number of hydrogen-bond acceptors (Lipinski definition) is 5. The van der Waals surface area contributed by atoms with Gasteiger partial charge >= 0.3 is 5.97 Å². The number of hydrazone groups is 1. The summed E-state index contributed by atoms with van der Waals surface area (Å²) in [4.78, 5) is 34.1. The molecule has 1 unspecified atom stereocenters. The highest BCUT2D eigenvalue weighted by Crippen LogP contribution is 2.07. The Bertz CT molecular complexity index is 446. The van der Waals surface area contributed by atoms with E-state index < -0.39 is 17.9 Å². The highest BCUT2D eigenvalue weighted by Gasteiger charge is 2.26. The molecule has 1 rings (SSSR count). The maximum absolute atomic E-state index is 11.9. The van der Waals surface area contributed by atoms with Gasteiger partial charge < -0.3 is 15.2 Å². The lowest BCUT2D eigenvalue weighted by molar-refractivity contribution is -0.142. The van der Waals surface area contributed by atoms with Crippen LogP contribution >= 0.6 is 0 Å². The minimum atomic E-state index is -1.21. The van der Waals surface area contributed by atoms with E-state index in [1.807, 2.05) is 0 Å². The molecule has 0 fully saturated rings. The molecular weight excluding hydrogens is 266 g/mol. The molecule has 0 bridgehead atoms. The second kappa shape index (κ2) is 7.39. The summed E-state index contributed by atoms with van der Waals surface area (Å²) in [6.07, 6.45) is 1.84. The Morgan fingerprint density at radius 2 is 2.30 bits per heavy atom. The smallest absolute Gasteiger partial charge is 0.328 e. The van der Waals surface area contributed by atoms with Gasteiger partial charge in [-0.3, -0.25) is 9.59 Å². The molecule has 0 aliphatic carbocycles. The van der Waals surface area contributed by atoms with E-state index in [4.69, 9.17) is 9.84 Å². The molecule has 1 aliphatic heterocycles. The fraction of sp³-hybridized carbons (Fsp3) is 0.500. The molecule has 1 aliphatic rings. The van der Waals surface area contributed by atoms with E-state index in [1.165, 1.54) is 13.1 Å². The normalized spacial score (nSPS) is 16.4. The Kier molecular flexibility index (Phi) is 5.85. The monoisotopic (exact) mass is 283 g/mol. The first-order valence-corrected chi connectivity index (χ1v) is 6.02. The third kappa shape index (κ3) is 4.47.